The number of nitrogens with one attached hydrogen (secondary N) is 2. The standard InChI is InChI=1S/C16H13F3N4O2/c1-10(22-23-14(24)13-4-2-3-9-20-13)11-5-7-12(8-6-11)21-15(25)16(17,18)19/h2-9H,1H3,(H,21,25)(H,23,24)/b22-10+. The molecule has 25 heavy (non-hydrogen) atoms. The third-order valence-corrected chi connectivity index (χ3v) is 3.04. The summed E-state index contributed by atoms with van der Waals surface area (Å²) >= 11 is 0. The van der Waals surface area contributed by atoms with Gasteiger partial charge in [-0.1, -0.05) is 18.2 Å². The number of carbonyl (C=O) groups excluding carboxylic acids is 2. The van der Waals surface area contributed by atoms with E-state index in [9.17, 15) is 22.8 Å². The highest BCUT2D eigenvalue weighted by Gasteiger charge is 2.38. The number of aromatic nitrogens is 1. The number of amides is 2. The van der Waals surface area contributed by atoms with Crippen molar-refractivity contribution in [1.29, 1.82) is 0 Å². The Morgan fingerprint density at radius 1 is 1.08 bits per heavy atom. The van der Waals surface area contributed by atoms with Crippen molar-refractivity contribution in [3.05, 3.63) is 59.9 Å². The molecule has 6 nitrogen and oxygen atoms in total. The third kappa shape index (κ3) is 5.13. The Bertz CT molecular complexity index is 787. The van der Waals surface area contributed by atoms with Gasteiger partial charge in [-0.05, 0) is 36.8 Å². The predicted octanol–water partition coefficient (Wildman–Crippen LogP) is 2.74. The molecule has 0 bridgehead atoms. The minimum absolute atomic E-state index is 0.00334. The van der Waals surface area contributed by atoms with E-state index in [0.717, 1.165) is 0 Å². The van der Waals surface area contributed by atoms with Crippen LogP contribution in [0.3, 0.4) is 0 Å². The lowest BCUT2D eigenvalue weighted by atomic mass is 10.1. The highest BCUT2D eigenvalue weighted by molar-refractivity contribution is 6.01. The van der Waals surface area contributed by atoms with Gasteiger partial charge in [-0.25, -0.2) is 5.43 Å². The van der Waals surface area contributed by atoms with E-state index < -0.39 is 18.0 Å². The van der Waals surface area contributed by atoms with Gasteiger partial charge in [-0.2, -0.15) is 18.3 Å². The lowest BCUT2D eigenvalue weighted by Gasteiger charge is -2.08. The summed E-state index contributed by atoms with van der Waals surface area (Å²) in [4.78, 5) is 26.5. The van der Waals surface area contributed by atoms with Gasteiger partial charge in [0.1, 0.15) is 5.69 Å². The van der Waals surface area contributed by atoms with Gasteiger partial charge < -0.3 is 5.32 Å². The van der Waals surface area contributed by atoms with Gasteiger partial charge >= 0.3 is 12.1 Å². The Hall–Kier alpha value is -3.23. The average molecular weight is 350 g/mol. The number of rotatable bonds is 4. The Morgan fingerprint density at radius 2 is 1.76 bits per heavy atom. The van der Waals surface area contributed by atoms with Gasteiger partial charge in [0.15, 0.2) is 0 Å². The van der Waals surface area contributed by atoms with Gasteiger partial charge in [0.05, 0.1) is 5.71 Å². The van der Waals surface area contributed by atoms with Gasteiger partial charge in [0.2, 0.25) is 0 Å². The summed E-state index contributed by atoms with van der Waals surface area (Å²) in [5.41, 5.74) is 3.52. The van der Waals surface area contributed by atoms with E-state index in [2.05, 4.69) is 15.5 Å². The van der Waals surface area contributed by atoms with Gasteiger partial charge in [0.25, 0.3) is 5.91 Å². The monoisotopic (exact) mass is 350 g/mol. The number of hydrazone groups is 1. The van der Waals surface area contributed by atoms with Crippen LogP contribution in [0.2, 0.25) is 0 Å². The Labute approximate surface area is 140 Å². The van der Waals surface area contributed by atoms with Crippen LogP contribution >= 0.6 is 0 Å². The van der Waals surface area contributed by atoms with Crippen LogP contribution < -0.4 is 10.7 Å². The Balaban J connectivity index is 2.01. The highest BCUT2D eigenvalue weighted by atomic mass is 19.4. The molecule has 0 saturated heterocycles. The number of anilines is 1. The third-order valence-electron chi connectivity index (χ3n) is 3.04. The number of alkyl halides is 3. The van der Waals surface area contributed by atoms with Crippen molar-refractivity contribution in [3.8, 4) is 0 Å². The van der Waals surface area contributed by atoms with Crippen LogP contribution in [-0.2, 0) is 4.79 Å². The summed E-state index contributed by atoms with van der Waals surface area (Å²) in [6.45, 7) is 1.61. The second-order valence-electron chi connectivity index (χ2n) is 4.88. The van der Waals surface area contributed by atoms with Crippen molar-refractivity contribution in [2.45, 2.75) is 13.1 Å². The fraction of sp³-hybridized carbons (Fsp3) is 0.125. The van der Waals surface area contributed by atoms with Crippen molar-refractivity contribution >= 4 is 23.2 Å². The number of benzene rings is 1. The minimum atomic E-state index is -4.95. The molecule has 0 spiro atoms. The first kappa shape index (κ1) is 18.1. The molecule has 1 aromatic carbocycles. The maximum absolute atomic E-state index is 12.2. The minimum Gasteiger partial charge on any atom is -0.318 e. The molecule has 0 radical (unpaired) electrons. The molecule has 2 amide bonds. The summed E-state index contributed by atoms with van der Waals surface area (Å²) < 4.78 is 36.5. The first-order chi connectivity index (χ1) is 11.8. The fourth-order valence-corrected chi connectivity index (χ4v) is 1.75. The number of pyridine rings is 1. The number of carbonyl (C=O) groups is 2. The number of hydrogen-bond acceptors (Lipinski definition) is 4. The molecule has 2 aromatic rings. The van der Waals surface area contributed by atoms with Gasteiger partial charge in [-0.15, -0.1) is 0 Å². The van der Waals surface area contributed by atoms with Gasteiger partial charge in [-0.3, -0.25) is 14.6 Å². The zero-order chi connectivity index (χ0) is 18.4. The van der Waals surface area contributed by atoms with Crippen molar-refractivity contribution in [2.24, 2.45) is 5.10 Å². The molecule has 2 rings (SSSR count). The SMILES string of the molecule is C/C(=N\NC(=O)c1ccccn1)c1ccc(NC(=O)C(F)(F)F)cc1. The lowest BCUT2D eigenvalue weighted by Crippen LogP contribution is -2.29. The first-order valence-electron chi connectivity index (χ1n) is 7.01. The summed E-state index contributed by atoms with van der Waals surface area (Å²) in [5, 5.41) is 5.65. The van der Waals surface area contributed by atoms with E-state index in [-0.39, 0.29) is 11.4 Å². The molecule has 0 aliphatic heterocycles. The summed E-state index contributed by atoms with van der Waals surface area (Å²) in [7, 11) is 0. The first-order valence-corrected chi connectivity index (χ1v) is 7.01. The molecule has 0 aliphatic carbocycles. The van der Waals surface area contributed by atoms with E-state index in [1.807, 2.05) is 0 Å². The van der Waals surface area contributed by atoms with Crippen LogP contribution in [0.4, 0.5) is 18.9 Å². The quantitative estimate of drug-likeness (QED) is 0.657. The molecule has 130 valence electrons. The highest BCUT2D eigenvalue weighted by Crippen LogP contribution is 2.18. The molecule has 0 aliphatic rings. The predicted molar refractivity (Wildman–Crippen MR) is 85.0 cm³/mol. The topological polar surface area (TPSA) is 83.4 Å². The molecular formula is C16H13F3N4O2. The zero-order valence-corrected chi connectivity index (χ0v) is 13.0. The molecule has 1 heterocycles. The van der Waals surface area contributed by atoms with E-state index >= 15 is 0 Å². The van der Waals surface area contributed by atoms with Crippen LogP contribution in [-0.4, -0.2) is 28.7 Å². The van der Waals surface area contributed by atoms with Crippen molar-refractivity contribution < 1.29 is 22.8 Å². The maximum Gasteiger partial charge on any atom is 0.471 e. The molecular weight excluding hydrogens is 337 g/mol. The molecule has 0 fully saturated rings. The molecule has 1 aromatic heterocycles. The normalized spacial score (nSPS) is 11.8. The second-order valence-corrected chi connectivity index (χ2v) is 4.88. The lowest BCUT2D eigenvalue weighted by molar-refractivity contribution is -0.167. The van der Waals surface area contributed by atoms with Crippen LogP contribution in [0.25, 0.3) is 0 Å². The molecule has 2 N–H and O–H groups in total. The summed E-state index contributed by atoms with van der Waals surface area (Å²) in [6.07, 6.45) is -3.48. The summed E-state index contributed by atoms with van der Waals surface area (Å²) in [5.74, 6) is -2.54. The smallest absolute Gasteiger partial charge is 0.318 e. The van der Waals surface area contributed by atoms with Crippen molar-refractivity contribution in [2.75, 3.05) is 5.32 Å². The maximum atomic E-state index is 12.2. The number of nitrogens with zero attached hydrogens (tertiary/aromatic N) is 2. The molecule has 0 atom stereocenters. The van der Waals surface area contributed by atoms with Crippen molar-refractivity contribution in [1.82, 2.24) is 10.4 Å². The summed E-state index contributed by atoms with van der Waals surface area (Å²) in [6, 6.07) is 10.4. The fourth-order valence-electron chi connectivity index (χ4n) is 1.75. The van der Waals surface area contributed by atoms with E-state index in [1.165, 1.54) is 36.5 Å². The molecule has 0 saturated carbocycles. The van der Waals surface area contributed by atoms with E-state index in [0.29, 0.717) is 11.3 Å². The van der Waals surface area contributed by atoms with E-state index in [4.69, 9.17) is 0 Å². The van der Waals surface area contributed by atoms with Crippen LogP contribution in [0.1, 0.15) is 23.0 Å². The molecule has 0 unspecified atom stereocenters. The number of hydrogen-bond donors (Lipinski definition) is 2. The second kappa shape index (κ2) is 7.56. The van der Waals surface area contributed by atoms with Crippen LogP contribution in [0.15, 0.2) is 53.8 Å². The van der Waals surface area contributed by atoms with E-state index in [1.54, 1.807) is 24.4 Å². The van der Waals surface area contributed by atoms with Crippen LogP contribution in [0, 0.1) is 0 Å². The van der Waals surface area contributed by atoms with Crippen molar-refractivity contribution in [3.63, 3.8) is 0 Å². The molecule has 9 heteroatoms. The van der Waals surface area contributed by atoms with Gasteiger partial charge in [0, 0.05) is 11.9 Å². The Kier molecular flexibility index (Phi) is 5.48. The van der Waals surface area contributed by atoms with Crippen LogP contribution in [0.5, 0.6) is 0 Å². The zero-order valence-electron chi connectivity index (χ0n) is 13.0. The average Bonchev–Trinajstić information content (AvgIpc) is 2.60. The largest absolute Gasteiger partial charge is 0.471 e. The Morgan fingerprint density at radius 3 is 2.32 bits per heavy atom. The number of halogens is 3.